The summed E-state index contributed by atoms with van der Waals surface area (Å²) in [5.74, 6) is -0.836. The van der Waals surface area contributed by atoms with Crippen molar-refractivity contribution in [3.8, 4) is 5.75 Å². The zero-order valence-electron chi connectivity index (χ0n) is 18.8. The number of fused-ring (bicyclic) bond motifs is 2. The van der Waals surface area contributed by atoms with Crippen molar-refractivity contribution in [2.24, 2.45) is 0 Å². The lowest BCUT2D eigenvalue weighted by molar-refractivity contribution is -0.133. The minimum absolute atomic E-state index is 0.113. The van der Waals surface area contributed by atoms with Crippen LogP contribution in [0.3, 0.4) is 0 Å². The maximum absolute atomic E-state index is 13.5. The lowest BCUT2D eigenvalue weighted by Gasteiger charge is -2.42. The number of halogens is 1. The zero-order chi connectivity index (χ0) is 24.5. The minimum Gasteiger partial charge on any atom is -0.490 e. The van der Waals surface area contributed by atoms with E-state index in [4.69, 9.17) is 9.47 Å². The second kappa shape index (κ2) is 9.59. The van der Waals surface area contributed by atoms with Gasteiger partial charge in [-0.05, 0) is 49.2 Å². The Labute approximate surface area is 197 Å². The number of nitrogens with zero attached hydrogens (tertiary/aromatic N) is 1. The molecule has 0 aromatic heterocycles. The second-order valence-corrected chi connectivity index (χ2v) is 10.0. The van der Waals surface area contributed by atoms with E-state index in [1.165, 1.54) is 30.3 Å². The molecule has 2 N–H and O–H groups in total. The van der Waals surface area contributed by atoms with Crippen molar-refractivity contribution in [2.75, 3.05) is 25.4 Å². The Morgan fingerprint density at radius 2 is 2.00 bits per heavy atom. The Kier molecular flexibility index (Phi) is 6.76. The van der Waals surface area contributed by atoms with Crippen molar-refractivity contribution < 1.29 is 31.9 Å². The van der Waals surface area contributed by atoms with E-state index in [1.807, 2.05) is 0 Å². The molecule has 11 heteroatoms. The summed E-state index contributed by atoms with van der Waals surface area (Å²) in [6, 6.07) is 8.78. The van der Waals surface area contributed by atoms with Gasteiger partial charge in [-0.3, -0.25) is 14.3 Å². The summed E-state index contributed by atoms with van der Waals surface area (Å²) in [6.07, 6.45) is 0.831. The Bertz CT molecular complexity index is 1200. The molecule has 34 heavy (non-hydrogen) atoms. The number of anilines is 1. The first-order valence-corrected chi connectivity index (χ1v) is 12.3. The number of carbonyl (C=O) groups excluding carboxylic acids is 2. The van der Waals surface area contributed by atoms with Crippen LogP contribution in [0.1, 0.15) is 29.6 Å². The summed E-state index contributed by atoms with van der Waals surface area (Å²) < 4.78 is 53.2. The molecule has 182 valence electrons. The van der Waals surface area contributed by atoms with Gasteiger partial charge in [0.2, 0.25) is 5.91 Å². The zero-order valence-corrected chi connectivity index (χ0v) is 19.6. The summed E-state index contributed by atoms with van der Waals surface area (Å²) in [7, 11) is -0.816. The first-order chi connectivity index (χ1) is 16.2. The van der Waals surface area contributed by atoms with Gasteiger partial charge in [0, 0.05) is 19.8 Å². The van der Waals surface area contributed by atoms with Crippen LogP contribution in [0.4, 0.5) is 10.1 Å². The highest BCUT2D eigenvalue weighted by Crippen LogP contribution is 2.33. The predicted molar refractivity (Wildman–Crippen MR) is 122 cm³/mol. The SMILES string of the molecule is CNC(=O)C[C@H]1CC[C@H]2[C@H](COc3ccc(NS(=O)(=O)c4cccc(F)c4)cc3C(=O)N2C)O1. The Hall–Kier alpha value is -3.18. The fourth-order valence-electron chi connectivity index (χ4n) is 4.25. The molecular weight excluding hydrogens is 465 g/mol. The molecule has 0 aliphatic carbocycles. The highest BCUT2D eigenvalue weighted by atomic mass is 32.2. The largest absolute Gasteiger partial charge is 0.490 e. The van der Waals surface area contributed by atoms with Crippen molar-refractivity contribution in [3.63, 3.8) is 0 Å². The molecule has 0 spiro atoms. The van der Waals surface area contributed by atoms with Crippen molar-refractivity contribution in [2.45, 2.75) is 42.4 Å². The number of benzene rings is 2. The maximum atomic E-state index is 13.5. The van der Waals surface area contributed by atoms with E-state index < -0.39 is 21.9 Å². The summed E-state index contributed by atoms with van der Waals surface area (Å²) in [5, 5.41) is 2.59. The lowest BCUT2D eigenvalue weighted by atomic mass is 9.94. The van der Waals surface area contributed by atoms with E-state index in [1.54, 1.807) is 19.0 Å². The third kappa shape index (κ3) is 5.00. The maximum Gasteiger partial charge on any atom is 0.261 e. The van der Waals surface area contributed by atoms with E-state index in [0.29, 0.717) is 18.6 Å². The van der Waals surface area contributed by atoms with Crippen LogP contribution in [-0.2, 0) is 19.6 Å². The van der Waals surface area contributed by atoms with E-state index in [0.717, 1.165) is 12.1 Å². The smallest absolute Gasteiger partial charge is 0.261 e. The first kappa shape index (κ1) is 24.0. The van der Waals surface area contributed by atoms with Crippen LogP contribution in [0.2, 0.25) is 0 Å². The van der Waals surface area contributed by atoms with Gasteiger partial charge in [-0.1, -0.05) is 6.07 Å². The van der Waals surface area contributed by atoms with Crippen LogP contribution in [0.5, 0.6) is 5.75 Å². The average Bonchev–Trinajstić information content (AvgIpc) is 2.81. The molecule has 2 aliphatic rings. The highest BCUT2D eigenvalue weighted by molar-refractivity contribution is 7.92. The number of hydrogen-bond acceptors (Lipinski definition) is 6. The molecule has 0 bridgehead atoms. The van der Waals surface area contributed by atoms with E-state index in [2.05, 4.69) is 10.0 Å². The summed E-state index contributed by atoms with van der Waals surface area (Å²) in [4.78, 5) is 26.4. The molecule has 2 heterocycles. The fourth-order valence-corrected chi connectivity index (χ4v) is 5.33. The molecule has 2 amide bonds. The predicted octanol–water partition coefficient (Wildman–Crippen LogP) is 2.14. The molecular formula is C23H26FN3O6S. The van der Waals surface area contributed by atoms with Gasteiger partial charge in [-0.2, -0.15) is 0 Å². The number of ether oxygens (including phenoxy) is 2. The summed E-state index contributed by atoms with van der Waals surface area (Å²) >= 11 is 0. The van der Waals surface area contributed by atoms with Gasteiger partial charge < -0.3 is 19.7 Å². The van der Waals surface area contributed by atoms with Crippen molar-refractivity contribution >= 4 is 27.5 Å². The molecule has 4 rings (SSSR count). The van der Waals surface area contributed by atoms with Gasteiger partial charge in [-0.25, -0.2) is 12.8 Å². The number of carbonyl (C=O) groups is 2. The van der Waals surface area contributed by atoms with Crippen LogP contribution in [0.15, 0.2) is 47.4 Å². The Balaban J connectivity index is 1.55. The molecule has 2 aromatic rings. The number of hydrogen-bond donors (Lipinski definition) is 2. The third-order valence-corrected chi connectivity index (χ3v) is 7.44. The summed E-state index contributed by atoms with van der Waals surface area (Å²) in [5.41, 5.74) is 0.351. The number of nitrogens with one attached hydrogen (secondary N) is 2. The van der Waals surface area contributed by atoms with Gasteiger partial charge in [0.1, 0.15) is 24.3 Å². The molecule has 2 aliphatic heterocycles. The molecule has 2 aromatic carbocycles. The van der Waals surface area contributed by atoms with E-state index in [9.17, 15) is 22.4 Å². The van der Waals surface area contributed by atoms with E-state index in [-0.39, 0.29) is 53.1 Å². The molecule has 0 unspecified atom stereocenters. The van der Waals surface area contributed by atoms with Crippen LogP contribution >= 0.6 is 0 Å². The number of rotatable bonds is 5. The molecule has 3 atom stereocenters. The minimum atomic E-state index is -4.06. The molecule has 1 saturated heterocycles. The van der Waals surface area contributed by atoms with Crippen LogP contribution in [-0.4, -0.2) is 64.1 Å². The quantitative estimate of drug-likeness (QED) is 0.663. The molecule has 9 nitrogen and oxygen atoms in total. The highest BCUT2D eigenvalue weighted by Gasteiger charge is 2.39. The first-order valence-electron chi connectivity index (χ1n) is 10.9. The molecule has 1 fully saturated rings. The van der Waals surface area contributed by atoms with Crippen LogP contribution in [0.25, 0.3) is 0 Å². The Morgan fingerprint density at radius 3 is 2.74 bits per heavy atom. The van der Waals surface area contributed by atoms with Crippen LogP contribution in [0, 0.1) is 5.82 Å². The number of amides is 2. The van der Waals surface area contributed by atoms with Crippen LogP contribution < -0.4 is 14.8 Å². The number of sulfonamides is 1. The number of likely N-dealkylation sites (N-methyl/N-ethyl adjacent to an activating group) is 1. The monoisotopic (exact) mass is 491 g/mol. The van der Waals surface area contributed by atoms with Gasteiger partial charge >= 0.3 is 0 Å². The molecule has 0 radical (unpaired) electrons. The van der Waals surface area contributed by atoms with Crippen molar-refractivity contribution in [1.82, 2.24) is 10.2 Å². The molecule has 0 saturated carbocycles. The Morgan fingerprint density at radius 1 is 1.21 bits per heavy atom. The van der Waals surface area contributed by atoms with E-state index >= 15 is 0 Å². The standard InChI is InChI=1S/C23H26FN3O6S/c1-25-22(28)12-16-7-8-19-21(33-16)13-32-20-9-6-15(11-18(20)23(29)27(19)2)26-34(30,31)17-5-3-4-14(24)10-17/h3-6,9-11,16,19,21,26H,7-8,12-13H2,1-2H3,(H,25,28)/t16-,19+,21+/m1/s1. The fraction of sp³-hybridized carbons (Fsp3) is 0.391. The van der Waals surface area contributed by atoms with Gasteiger partial charge in [0.05, 0.1) is 29.0 Å². The van der Waals surface area contributed by atoms with Crippen molar-refractivity contribution in [3.05, 3.63) is 53.8 Å². The topological polar surface area (TPSA) is 114 Å². The lowest BCUT2D eigenvalue weighted by Crippen LogP contribution is -2.53. The summed E-state index contributed by atoms with van der Waals surface area (Å²) in [6.45, 7) is 0.175. The second-order valence-electron chi connectivity index (χ2n) is 8.32. The third-order valence-electron chi connectivity index (χ3n) is 6.06. The van der Waals surface area contributed by atoms with Gasteiger partial charge in [0.25, 0.3) is 15.9 Å². The van der Waals surface area contributed by atoms with Crippen molar-refractivity contribution in [1.29, 1.82) is 0 Å². The van der Waals surface area contributed by atoms with Gasteiger partial charge in [-0.15, -0.1) is 0 Å². The normalized spacial score (nSPS) is 22.5. The average molecular weight is 492 g/mol. The van der Waals surface area contributed by atoms with Gasteiger partial charge in [0.15, 0.2) is 0 Å².